The van der Waals surface area contributed by atoms with Gasteiger partial charge >= 0.3 is 0 Å². The monoisotopic (exact) mass is 325 g/mol. The summed E-state index contributed by atoms with van der Waals surface area (Å²) in [6, 6.07) is 8.31. The van der Waals surface area contributed by atoms with Gasteiger partial charge in [0, 0.05) is 16.4 Å². The molecule has 2 rings (SSSR count). The fourth-order valence-electron chi connectivity index (χ4n) is 1.35. The predicted molar refractivity (Wildman–Crippen MR) is 75.8 cm³/mol. The van der Waals surface area contributed by atoms with Gasteiger partial charge in [-0.25, -0.2) is 0 Å². The van der Waals surface area contributed by atoms with Gasteiger partial charge in [0.1, 0.15) is 5.69 Å². The second kappa shape index (κ2) is 5.37. The zero-order valence-electron chi connectivity index (χ0n) is 9.15. The molecule has 0 radical (unpaired) electrons. The maximum absolute atomic E-state index is 11.9. The average molecular weight is 327 g/mol. The van der Waals surface area contributed by atoms with Gasteiger partial charge in [0.25, 0.3) is 5.91 Å². The number of carbonyl (C=O) groups is 1. The summed E-state index contributed by atoms with van der Waals surface area (Å²) in [7, 11) is 0. The average Bonchev–Trinajstić information content (AvgIpc) is 2.32. The Hall–Kier alpha value is -1.59. The van der Waals surface area contributed by atoms with Crippen molar-refractivity contribution in [3.63, 3.8) is 0 Å². The van der Waals surface area contributed by atoms with Gasteiger partial charge in [-0.3, -0.25) is 9.78 Å². The second-order valence-electron chi connectivity index (χ2n) is 3.55. The minimum atomic E-state index is -0.355. The molecule has 18 heavy (non-hydrogen) atoms. The van der Waals surface area contributed by atoms with Crippen molar-refractivity contribution in [2.45, 2.75) is 0 Å². The van der Waals surface area contributed by atoms with E-state index in [9.17, 15) is 4.79 Å². The largest absolute Gasteiger partial charge is 0.399 e. The smallest absolute Gasteiger partial charge is 0.274 e. The van der Waals surface area contributed by atoms with Crippen molar-refractivity contribution in [2.75, 3.05) is 11.1 Å². The molecule has 0 fully saturated rings. The molecule has 2 aromatic rings. The van der Waals surface area contributed by atoms with Crippen molar-refractivity contribution in [3.05, 3.63) is 51.7 Å². The lowest BCUT2D eigenvalue weighted by Gasteiger charge is -2.07. The van der Waals surface area contributed by atoms with E-state index in [4.69, 9.17) is 17.3 Å². The zero-order chi connectivity index (χ0) is 13.1. The van der Waals surface area contributed by atoms with E-state index in [0.29, 0.717) is 16.4 Å². The van der Waals surface area contributed by atoms with Gasteiger partial charge < -0.3 is 11.1 Å². The van der Waals surface area contributed by atoms with Crippen molar-refractivity contribution in [1.82, 2.24) is 4.98 Å². The quantitative estimate of drug-likeness (QED) is 0.889. The molecular formula is C12H9BrClN3O. The first-order valence-corrected chi connectivity index (χ1v) is 6.21. The van der Waals surface area contributed by atoms with Gasteiger partial charge in [-0.2, -0.15) is 0 Å². The number of benzene rings is 1. The van der Waals surface area contributed by atoms with Crippen molar-refractivity contribution in [3.8, 4) is 0 Å². The highest BCUT2D eigenvalue weighted by atomic mass is 79.9. The molecule has 0 saturated heterocycles. The van der Waals surface area contributed by atoms with Crippen LogP contribution in [0.2, 0.25) is 5.02 Å². The van der Waals surface area contributed by atoms with Crippen LogP contribution in [0.5, 0.6) is 0 Å². The van der Waals surface area contributed by atoms with E-state index in [1.165, 1.54) is 12.3 Å². The maximum atomic E-state index is 11.9. The third-order valence-electron chi connectivity index (χ3n) is 2.20. The number of anilines is 2. The molecule has 3 N–H and O–H groups in total. The lowest BCUT2D eigenvalue weighted by molar-refractivity contribution is 0.102. The van der Waals surface area contributed by atoms with Gasteiger partial charge in [-0.1, -0.05) is 27.5 Å². The van der Waals surface area contributed by atoms with Crippen LogP contribution in [-0.2, 0) is 0 Å². The summed E-state index contributed by atoms with van der Waals surface area (Å²) in [4.78, 5) is 15.8. The number of rotatable bonds is 2. The van der Waals surface area contributed by atoms with E-state index in [1.807, 2.05) is 0 Å². The number of nitrogens with one attached hydrogen (secondary N) is 1. The number of amides is 1. The van der Waals surface area contributed by atoms with Crippen molar-refractivity contribution in [2.24, 2.45) is 0 Å². The minimum Gasteiger partial charge on any atom is -0.399 e. The molecule has 0 spiro atoms. The Morgan fingerprint density at radius 2 is 2.11 bits per heavy atom. The van der Waals surface area contributed by atoms with Crippen LogP contribution in [0.4, 0.5) is 11.4 Å². The van der Waals surface area contributed by atoms with Crippen LogP contribution >= 0.6 is 27.5 Å². The highest BCUT2D eigenvalue weighted by molar-refractivity contribution is 9.10. The minimum absolute atomic E-state index is 0.244. The first-order chi connectivity index (χ1) is 8.56. The van der Waals surface area contributed by atoms with Gasteiger partial charge in [0.15, 0.2) is 0 Å². The highest BCUT2D eigenvalue weighted by Gasteiger charge is 2.10. The lowest BCUT2D eigenvalue weighted by atomic mass is 10.2. The number of aromatic nitrogens is 1. The SMILES string of the molecule is Nc1ccnc(C(=O)Nc2ccc(Br)cc2Cl)c1. The fourth-order valence-corrected chi connectivity index (χ4v) is 2.07. The molecule has 0 saturated carbocycles. The van der Waals surface area contributed by atoms with Crippen LogP contribution < -0.4 is 11.1 Å². The molecule has 0 aliphatic rings. The van der Waals surface area contributed by atoms with E-state index in [0.717, 1.165) is 4.47 Å². The lowest BCUT2D eigenvalue weighted by Crippen LogP contribution is -2.14. The van der Waals surface area contributed by atoms with Gasteiger partial charge in [-0.05, 0) is 30.3 Å². The second-order valence-corrected chi connectivity index (χ2v) is 4.88. The third-order valence-corrected chi connectivity index (χ3v) is 3.00. The van der Waals surface area contributed by atoms with E-state index in [2.05, 4.69) is 26.2 Å². The van der Waals surface area contributed by atoms with Gasteiger partial charge in [0.2, 0.25) is 0 Å². The molecule has 0 aliphatic carbocycles. The predicted octanol–water partition coefficient (Wildman–Crippen LogP) is 3.33. The number of nitrogens with zero attached hydrogens (tertiary/aromatic N) is 1. The fraction of sp³-hybridized carbons (Fsp3) is 0. The number of carbonyl (C=O) groups excluding carboxylic acids is 1. The van der Waals surface area contributed by atoms with E-state index < -0.39 is 0 Å². The molecule has 92 valence electrons. The Bertz CT molecular complexity index is 604. The van der Waals surface area contributed by atoms with Crippen LogP contribution in [-0.4, -0.2) is 10.9 Å². The normalized spacial score (nSPS) is 10.1. The summed E-state index contributed by atoms with van der Waals surface area (Å²) in [6.45, 7) is 0. The number of nitrogen functional groups attached to an aromatic ring is 1. The first-order valence-electron chi connectivity index (χ1n) is 5.04. The summed E-state index contributed by atoms with van der Waals surface area (Å²) < 4.78 is 0.840. The number of halogens is 2. The number of pyridine rings is 1. The van der Waals surface area contributed by atoms with Crippen LogP contribution in [0.3, 0.4) is 0 Å². The van der Waals surface area contributed by atoms with Crippen LogP contribution in [0.25, 0.3) is 0 Å². The summed E-state index contributed by atoms with van der Waals surface area (Å²) in [5.74, 6) is -0.355. The third kappa shape index (κ3) is 3.00. The topological polar surface area (TPSA) is 68.0 Å². The van der Waals surface area contributed by atoms with Crippen LogP contribution in [0.15, 0.2) is 41.0 Å². The molecule has 0 unspecified atom stereocenters. The summed E-state index contributed by atoms with van der Waals surface area (Å²) in [5, 5.41) is 3.12. The standard InChI is InChI=1S/C12H9BrClN3O/c13-7-1-2-10(9(14)5-7)17-12(18)11-6-8(15)3-4-16-11/h1-6H,(H2,15,16)(H,17,18). The first kappa shape index (κ1) is 12.9. The van der Waals surface area contributed by atoms with Crippen molar-refractivity contribution >= 4 is 44.8 Å². The molecule has 0 atom stereocenters. The molecule has 1 heterocycles. The molecule has 1 aromatic heterocycles. The Kier molecular flexibility index (Phi) is 3.84. The van der Waals surface area contributed by atoms with E-state index >= 15 is 0 Å². The van der Waals surface area contributed by atoms with Crippen molar-refractivity contribution in [1.29, 1.82) is 0 Å². The van der Waals surface area contributed by atoms with Crippen LogP contribution in [0, 0.1) is 0 Å². The maximum Gasteiger partial charge on any atom is 0.274 e. The Labute approximate surface area is 117 Å². The summed E-state index contributed by atoms with van der Waals surface area (Å²) in [5.41, 5.74) is 6.84. The summed E-state index contributed by atoms with van der Waals surface area (Å²) in [6.07, 6.45) is 1.48. The van der Waals surface area contributed by atoms with E-state index in [-0.39, 0.29) is 11.6 Å². The summed E-state index contributed by atoms with van der Waals surface area (Å²) >= 11 is 9.29. The molecule has 1 amide bonds. The Morgan fingerprint density at radius 3 is 2.78 bits per heavy atom. The number of hydrogen-bond donors (Lipinski definition) is 2. The molecule has 6 heteroatoms. The number of hydrogen-bond acceptors (Lipinski definition) is 3. The Balaban J connectivity index is 2.21. The van der Waals surface area contributed by atoms with E-state index in [1.54, 1.807) is 24.3 Å². The number of nitrogens with two attached hydrogens (primary N) is 1. The van der Waals surface area contributed by atoms with Crippen LogP contribution in [0.1, 0.15) is 10.5 Å². The van der Waals surface area contributed by atoms with Gasteiger partial charge in [-0.15, -0.1) is 0 Å². The molecule has 0 bridgehead atoms. The zero-order valence-corrected chi connectivity index (χ0v) is 11.5. The molecule has 1 aromatic carbocycles. The molecule has 4 nitrogen and oxygen atoms in total. The molecule has 0 aliphatic heterocycles. The van der Waals surface area contributed by atoms with Gasteiger partial charge in [0.05, 0.1) is 10.7 Å². The molecular weight excluding hydrogens is 318 g/mol. The Morgan fingerprint density at radius 1 is 1.33 bits per heavy atom. The van der Waals surface area contributed by atoms with Crippen molar-refractivity contribution < 1.29 is 4.79 Å². The highest BCUT2D eigenvalue weighted by Crippen LogP contribution is 2.25.